The molecule has 0 atom stereocenters. The van der Waals surface area contributed by atoms with Crippen molar-refractivity contribution in [3.8, 4) is 5.75 Å². The molecule has 0 saturated carbocycles. The third kappa shape index (κ3) is 6.80. The number of aromatic hydroxyl groups is 1. The van der Waals surface area contributed by atoms with Crippen molar-refractivity contribution in [2.24, 2.45) is 4.99 Å². The Kier molecular flexibility index (Phi) is 9.02. The molecule has 0 aliphatic heterocycles. The van der Waals surface area contributed by atoms with Crippen LogP contribution < -0.4 is 0 Å². The number of rotatable bonds is 5. The molecule has 0 fully saturated rings. The lowest BCUT2D eigenvalue weighted by Gasteiger charge is -2.06. The number of hydrogen-bond donors (Lipinski definition) is 1. The molecule has 0 amide bonds. The molecule has 0 aromatic heterocycles. The van der Waals surface area contributed by atoms with Crippen molar-refractivity contribution in [1.29, 1.82) is 0 Å². The summed E-state index contributed by atoms with van der Waals surface area (Å²) >= 11 is 0. The lowest BCUT2D eigenvalue weighted by molar-refractivity contribution is 0.471. The monoisotopic (exact) mass is 335 g/mol. The zero-order valence-corrected chi connectivity index (χ0v) is 15.8. The average Bonchev–Trinajstić information content (AvgIpc) is 2.60. The highest BCUT2D eigenvalue weighted by Gasteiger charge is 2.03. The second-order valence-corrected chi connectivity index (χ2v) is 5.87. The maximum absolute atomic E-state index is 9.60. The highest BCUT2D eigenvalue weighted by Crippen LogP contribution is 2.18. The number of aryl methyl sites for hydroxylation is 2. The Morgan fingerprint density at radius 3 is 2.40 bits per heavy atom. The number of hydrogen-bond acceptors (Lipinski definition) is 2. The summed E-state index contributed by atoms with van der Waals surface area (Å²) in [5, 5.41) is 9.60. The van der Waals surface area contributed by atoms with Gasteiger partial charge in [0.1, 0.15) is 5.75 Å². The first-order valence-electron chi connectivity index (χ1n) is 8.68. The van der Waals surface area contributed by atoms with Gasteiger partial charge in [0.05, 0.1) is 5.71 Å². The van der Waals surface area contributed by atoms with E-state index in [1.54, 1.807) is 12.1 Å². The predicted molar refractivity (Wildman–Crippen MR) is 111 cm³/mol. The molecule has 0 aliphatic carbocycles. The van der Waals surface area contributed by atoms with Gasteiger partial charge in [0.15, 0.2) is 0 Å². The Morgan fingerprint density at radius 1 is 1.12 bits per heavy atom. The van der Waals surface area contributed by atoms with Gasteiger partial charge in [-0.1, -0.05) is 49.4 Å². The maximum atomic E-state index is 9.60. The standard InChI is InChI=1S/C20H23NO.C3H6/c1-4-13-21-19(18-8-6-5-7-15(18)2)11-9-17-10-12-20(22)16(3)14-17;1-3-2/h5-12,14,22H,4,13H2,1-3H3;3H,1H2,2H3/b11-9+,21-19?;. The van der Waals surface area contributed by atoms with E-state index in [2.05, 4.69) is 38.6 Å². The molecule has 132 valence electrons. The Morgan fingerprint density at radius 2 is 1.80 bits per heavy atom. The summed E-state index contributed by atoms with van der Waals surface area (Å²) in [6.07, 6.45) is 6.89. The average molecular weight is 335 g/mol. The quantitative estimate of drug-likeness (QED) is 0.518. The third-order valence-corrected chi connectivity index (χ3v) is 3.58. The van der Waals surface area contributed by atoms with Crippen LogP contribution in [-0.4, -0.2) is 17.4 Å². The minimum absolute atomic E-state index is 0.330. The molecule has 0 bridgehead atoms. The van der Waals surface area contributed by atoms with Crippen LogP contribution in [0.2, 0.25) is 0 Å². The van der Waals surface area contributed by atoms with Crippen molar-refractivity contribution >= 4 is 11.8 Å². The van der Waals surface area contributed by atoms with Gasteiger partial charge in [0.2, 0.25) is 0 Å². The largest absolute Gasteiger partial charge is 0.508 e. The maximum Gasteiger partial charge on any atom is 0.118 e. The second-order valence-electron chi connectivity index (χ2n) is 5.87. The van der Waals surface area contributed by atoms with Crippen LogP contribution in [-0.2, 0) is 0 Å². The van der Waals surface area contributed by atoms with Crippen molar-refractivity contribution in [2.45, 2.75) is 34.1 Å². The molecule has 0 spiro atoms. The van der Waals surface area contributed by atoms with Crippen LogP contribution in [0, 0.1) is 13.8 Å². The molecule has 2 aromatic carbocycles. The highest BCUT2D eigenvalue weighted by atomic mass is 16.3. The van der Waals surface area contributed by atoms with E-state index in [1.807, 2.05) is 44.2 Å². The molecule has 0 heterocycles. The van der Waals surface area contributed by atoms with Crippen molar-refractivity contribution in [3.63, 3.8) is 0 Å². The van der Waals surface area contributed by atoms with Gasteiger partial charge in [0.25, 0.3) is 0 Å². The van der Waals surface area contributed by atoms with E-state index in [4.69, 9.17) is 4.99 Å². The summed E-state index contributed by atoms with van der Waals surface area (Å²) in [4.78, 5) is 4.71. The molecule has 2 nitrogen and oxygen atoms in total. The Hall–Kier alpha value is -2.61. The van der Waals surface area contributed by atoms with Gasteiger partial charge in [-0.25, -0.2) is 0 Å². The molecular weight excluding hydrogens is 306 g/mol. The van der Waals surface area contributed by atoms with Gasteiger partial charge >= 0.3 is 0 Å². The molecular formula is C23H29NO. The SMILES string of the molecule is C=CC.CCCN=C(/C=C/c1ccc(O)c(C)c1)c1ccccc1C. The van der Waals surface area contributed by atoms with Crippen molar-refractivity contribution in [1.82, 2.24) is 0 Å². The molecule has 0 radical (unpaired) electrons. The predicted octanol–water partition coefficient (Wildman–Crippen LogP) is 6.11. The van der Waals surface area contributed by atoms with Crippen molar-refractivity contribution in [2.75, 3.05) is 6.54 Å². The van der Waals surface area contributed by atoms with Crippen LogP contribution in [0.4, 0.5) is 0 Å². The van der Waals surface area contributed by atoms with E-state index in [0.29, 0.717) is 5.75 Å². The van der Waals surface area contributed by atoms with Gasteiger partial charge in [-0.15, -0.1) is 6.58 Å². The van der Waals surface area contributed by atoms with Crippen molar-refractivity contribution < 1.29 is 5.11 Å². The zero-order chi connectivity index (χ0) is 18.7. The minimum atomic E-state index is 0.330. The van der Waals surface area contributed by atoms with E-state index < -0.39 is 0 Å². The van der Waals surface area contributed by atoms with Gasteiger partial charge in [-0.2, -0.15) is 0 Å². The van der Waals surface area contributed by atoms with E-state index >= 15 is 0 Å². The van der Waals surface area contributed by atoms with Crippen LogP contribution in [0.5, 0.6) is 5.75 Å². The van der Waals surface area contributed by atoms with Gasteiger partial charge in [0, 0.05) is 12.1 Å². The van der Waals surface area contributed by atoms with Crippen LogP contribution in [0.3, 0.4) is 0 Å². The number of phenolic OH excluding ortho intramolecular Hbond substituents is 1. The first-order valence-corrected chi connectivity index (χ1v) is 8.68. The normalized spacial score (nSPS) is 11.1. The molecule has 0 saturated heterocycles. The highest BCUT2D eigenvalue weighted by molar-refractivity contribution is 6.11. The van der Waals surface area contributed by atoms with Crippen LogP contribution >= 0.6 is 0 Å². The summed E-state index contributed by atoms with van der Waals surface area (Å²) in [7, 11) is 0. The molecule has 25 heavy (non-hydrogen) atoms. The Balaban J connectivity index is 0.000000970. The van der Waals surface area contributed by atoms with E-state index in [0.717, 1.165) is 29.8 Å². The molecule has 1 N–H and O–H groups in total. The topological polar surface area (TPSA) is 32.6 Å². The van der Waals surface area contributed by atoms with E-state index in [1.165, 1.54) is 11.1 Å². The smallest absolute Gasteiger partial charge is 0.118 e. The number of benzene rings is 2. The van der Waals surface area contributed by atoms with Crippen LogP contribution in [0.15, 0.2) is 66.2 Å². The summed E-state index contributed by atoms with van der Waals surface area (Å²) in [6, 6.07) is 13.9. The number of nitrogens with zero attached hydrogens (tertiary/aromatic N) is 1. The molecule has 2 heteroatoms. The van der Waals surface area contributed by atoms with Crippen molar-refractivity contribution in [3.05, 3.63) is 83.4 Å². The summed E-state index contributed by atoms with van der Waals surface area (Å²) in [6.45, 7) is 12.2. The summed E-state index contributed by atoms with van der Waals surface area (Å²) in [5.74, 6) is 0.330. The third-order valence-electron chi connectivity index (χ3n) is 3.58. The second kappa shape index (κ2) is 11.0. The first kappa shape index (κ1) is 20.4. The lowest BCUT2D eigenvalue weighted by atomic mass is 10.0. The Bertz CT molecular complexity index is 742. The van der Waals surface area contributed by atoms with Crippen LogP contribution in [0.1, 0.15) is 42.5 Å². The van der Waals surface area contributed by atoms with Gasteiger partial charge in [-0.05, 0) is 62.1 Å². The lowest BCUT2D eigenvalue weighted by Crippen LogP contribution is -2.01. The number of phenols is 1. The molecule has 0 unspecified atom stereocenters. The molecule has 2 rings (SSSR count). The molecule has 2 aromatic rings. The molecule has 0 aliphatic rings. The zero-order valence-electron chi connectivity index (χ0n) is 15.8. The Labute approximate surface area is 152 Å². The number of allylic oxidation sites excluding steroid dienone is 2. The fraction of sp³-hybridized carbons (Fsp3) is 0.261. The first-order chi connectivity index (χ1) is 12.0. The summed E-state index contributed by atoms with van der Waals surface area (Å²) in [5.41, 5.74) is 5.34. The number of aliphatic imine (C=N–C) groups is 1. The summed E-state index contributed by atoms with van der Waals surface area (Å²) < 4.78 is 0. The van der Waals surface area contributed by atoms with Crippen LogP contribution in [0.25, 0.3) is 6.08 Å². The fourth-order valence-corrected chi connectivity index (χ4v) is 2.28. The van der Waals surface area contributed by atoms with E-state index in [9.17, 15) is 5.11 Å². The fourth-order valence-electron chi connectivity index (χ4n) is 2.28. The van der Waals surface area contributed by atoms with Gasteiger partial charge in [-0.3, -0.25) is 4.99 Å². The minimum Gasteiger partial charge on any atom is -0.508 e. The van der Waals surface area contributed by atoms with Gasteiger partial charge < -0.3 is 5.11 Å². The van der Waals surface area contributed by atoms with E-state index in [-0.39, 0.29) is 0 Å².